The lowest BCUT2D eigenvalue weighted by atomic mass is 10.0. The number of benzene rings is 1. The summed E-state index contributed by atoms with van der Waals surface area (Å²) in [4.78, 5) is 41.0. The van der Waals surface area contributed by atoms with E-state index < -0.39 is 0 Å². The first-order valence-electron chi connectivity index (χ1n) is 10.5. The maximum absolute atomic E-state index is 12.7. The molecule has 2 aliphatic rings. The Morgan fingerprint density at radius 2 is 1.90 bits per heavy atom. The second-order valence-electron chi connectivity index (χ2n) is 7.99. The lowest BCUT2D eigenvalue weighted by molar-refractivity contribution is -0.133. The first kappa shape index (κ1) is 21.6. The van der Waals surface area contributed by atoms with E-state index in [1.54, 1.807) is 4.90 Å². The number of hydrogen-bond donors (Lipinski definition) is 1. The Kier molecular flexibility index (Phi) is 7.53. The van der Waals surface area contributed by atoms with E-state index in [9.17, 15) is 14.4 Å². The maximum atomic E-state index is 12.7. The van der Waals surface area contributed by atoms with Gasteiger partial charge in [-0.05, 0) is 31.7 Å². The van der Waals surface area contributed by atoms with Crippen LogP contribution in [0.25, 0.3) is 0 Å². The highest BCUT2D eigenvalue weighted by Crippen LogP contribution is 2.28. The third kappa shape index (κ3) is 5.50. The van der Waals surface area contributed by atoms with Crippen LogP contribution in [0, 0.1) is 5.92 Å². The summed E-state index contributed by atoms with van der Waals surface area (Å²) >= 11 is 5.66. The van der Waals surface area contributed by atoms with E-state index in [1.165, 1.54) is 0 Å². The van der Waals surface area contributed by atoms with Crippen LogP contribution in [-0.4, -0.2) is 59.1 Å². The number of nitrogens with one attached hydrogen (secondary N) is 1. The Balaban J connectivity index is 1.47. The van der Waals surface area contributed by atoms with Crippen LogP contribution in [0.2, 0.25) is 0 Å². The molecule has 1 aromatic rings. The van der Waals surface area contributed by atoms with Crippen molar-refractivity contribution in [3.8, 4) is 0 Å². The van der Waals surface area contributed by atoms with Crippen LogP contribution in [0.4, 0.5) is 0 Å². The molecular formula is C22H30ClN3O3. The monoisotopic (exact) mass is 419 g/mol. The van der Waals surface area contributed by atoms with Crippen molar-refractivity contribution in [2.75, 3.05) is 25.5 Å². The van der Waals surface area contributed by atoms with Crippen molar-refractivity contribution in [3.63, 3.8) is 0 Å². The summed E-state index contributed by atoms with van der Waals surface area (Å²) < 4.78 is 0. The van der Waals surface area contributed by atoms with Crippen LogP contribution in [-0.2, 0) is 14.4 Å². The number of amides is 3. The SMILES string of the molecule is CC(c1ccccc1)N1CC(C(=O)NC2CCN(C(=O)CCCCl)CC2)CC1=O. The zero-order chi connectivity index (χ0) is 20.8. The van der Waals surface area contributed by atoms with E-state index >= 15 is 0 Å². The first-order chi connectivity index (χ1) is 14.0. The van der Waals surface area contributed by atoms with Crippen molar-refractivity contribution in [1.29, 1.82) is 0 Å². The van der Waals surface area contributed by atoms with E-state index in [1.807, 2.05) is 42.2 Å². The number of piperidine rings is 1. The number of hydrogen-bond acceptors (Lipinski definition) is 3. The van der Waals surface area contributed by atoms with Gasteiger partial charge in [0, 0.05) is 44.4 Å². The fourth-order valence-corrected chi connectivity index (χ4v) is 4.30. The van der Waals surface area contributed by atoms with Crippen LogP contribution in [0.3, 0.4) is 0 Å². The normalized spacial score (nSPS) is 21.3. The highest BCUT2D eigenvalue weighted by atomic mass is 35.5. The molecule has 1 aromatic carbocycles. The minimum Gasteiger partial charge on any atom is -0.353 e. The summed E-state index contributed by atoms with van der Waals surface area (Å²) in [5.41, 5.74) is 1.08. The van der Waals surface area contributed by atoms with E-state index in [0.29, 0.717) is 38.4 Å². The van der Waals surface area contributed by atoms with Gasteiger partial charge in [-0.3, -0.25) is 14.4 Å². The summed E-state index contributed by atoms with van der Waals surface area (Å²) in [6.45, 7) is 3.78. The quantitative estimate of drug-likeness (QED) is 0.691. The number of carbonyl (C=O) groups excluding carboxylic acids is 3. The van der Waals surface area contributed by atoms with Gasteiger partial charge in [-0.15, -0.1) is 11.6 Å². The predicted octanol–water partition coefficient (Wildman–Crippen LogP) is 2.72. The minimum atomic E-state index is -0.308. The average Bonchev–Trinajstić information content (AvgIpc) is 3.14. The molecule has 2 saturated heterocycles. The van der Waals surface area contributed by atoms with Crippen LogP contribution >= 0.6 is 11.6 Å². The number of nitrogens with zero attached hydrogens (tertiary/aromatic N) is 2. The summed E-state index contributed by atoms with van der Waals surface area (Å²) in [6.07, 6.45) is 2.95. The third-order valence-corrected chi connectivity index (χ3v) is 6.26. The summed E-state index contributed by atoms with van der Waals surface area (Å²) in [7, 11) is 0. The molecule has 158 valence electrons. The van der Waals surface area contributed by atoms with Crippen molar-refractivity contribution in [2.45, 2.75) is 51.1 Å². The molecule has 0 spiro atoms. The van der Waals surface area contributed by atoms with Gasteiger partial charge in [-0.2, -0.15) is 0 Å². The molecule has 0 bridgehead atoms. The Morgan fingerprint density at radius 3 is 2.55 bits per heavy atom. The second kappa shape index (κ2) is 10.1. The van der Waals surface area contributed by atoms with Crippen LogP contribution in [0.5, 0.6) is 0 Å². The van der Waals surface area contributed by atoms with Crippen LogP contribution in [0.1, 0.15) is 50.6 Å². The Hall–Kier alpha value is -2.08. The summed E-state index contributed by atoms with van der Waals surface area (Å²) in [6, 6.07) is 9.92. The highest BCUT2D eigenvalue weighted by Gasteiger charge is 2.37. The molecule has 0 aliphatic carbocycles. The van der Waals surface area contributed by atoms with Gasteiger partial charge < -0.3 is 15.1 Å². The van der Waals surface area contributed by atoms with E-state index in [4.69, 9.17) is 11.6 Å². The van der Waals surface area contributed by atoms with Gasteiger partial charge in [-0.1, -0.05) is 30.3 Å². The molecule has 2 fully saturated rings. The summed E-state index contributed by atoms with van der Waals surface area (Å²) in [5, 5.41) is 3.11. The molecular weight excluding hydrogens is 390 g/mol. The number of alkyl halides is 1. The van der Waals surface area contributed by atoms with E-state index in [-0.39, 0.29) is 42.1 Å². The molecule has 3 amide bonds. The maximum Gasteiger partial charge on any atom is 0.225 e. The predicted molar refractivity (Wildman–Crippen MR) is 112 cm³/mol. The lowest BCUT2D eigenvalue weighted by Gasteiger charge is -2.33. The topological polar surface area (TPSA) is 69.7 Å². The fourth-order valence-electron chi connectivity index (χ4n) is 4.16. The van der Waals surface area contributed by atoms with Crippen LogP contribution in [0.15, 0.2) is 30.3 Å². The largest absolute Gasteiger partial charge is 0.353 e. The Labute approximate surface area is 177 Å². The summed E-state index contributed by atoms with van der Waals surface area (Å²) in [5.74, 6) is 0.312. The van der Waals surface area contributed by atoms with E-state index in [0.717, 1.165) is 18.4 Å². The van der Waals surface area contributed by atoms with Crippen LogP contribution < -0.4 is 5.32 Å². The average molecular weight is 420 g/mol. The van der Waals surface area contributed by atoms with Crippen molar-refractivity contribution < 1.29 is 14.4 Å². The zero-order valence-electron chi connectivity index (χ0n) is 17.0. The molecule has 3 rings (SSSR count). The molecule has 2 aliphatic heterocycles. The molecule has 29 heavy (non-hydrogen) atoms. The van der Waals surface area contributed by atoms with Gasteiger partial charge in [0.15, 0.2) is 0 Å². The van der Waals surface area contributed by atoms with E-state index in [2.05, 4.69) is 5.32 Å². The van der Waals surface area contributed by atoms with Gasteiger partial charge in [0.2, 0.25) is 17.7 Å². The molecule has 0 saturated carbocycles. The molecule has 0 radical (unpaired) electrons. The number of likely N-dealkylation sites (tertiary alicyclic amines) is 2. The molecule has 7 heteroatoms. The highest BCUT2D eigenvalue weighted by molar-refractivity contribution is 6.17. The van der Waals surface area contributed by atoms with Gasteiger partial charge >= 0.3 is 0 Å². The van der Waals surface area contributed by atoms with Crippen molar-refractivity contribution in [2.24, 2.45) is 5.92 Å². The molecule has 2 heterocycles. The second-order valence-corrected chi connectivity index (χ2v) is 8.37. The number of halogens is 1. The lowest BCUT2D eigenvalue weighted by Crippen LogP contribution is -2.48. The Morgan fingerprint density at radius 1 is 1.21 bits per heavy atom. The molecule has 1 N–H and O–H groups in total. The van der Waals surface area contributed by atoms with Crippen molar-refractivity contribution >= 4 is 29.3 Å². The number of rotatable bonds is 7. The zero-order valence-corrected chi connectivity index (χ0v) is 17.7. The van der Waals surface area contributed by atoms with Gasteiger partial charge in [0.25, 0.3) is 0 Å². The standard InChI is InChI=1S/C22H30ClN3O3/c1-16(17-6-3-2-4-7-17)26-15-18(14-21(26)28)22(29)24-19-9-12-25(13-10-19)20(27)8-5-11-23/h2-4,6-7,16,18-19H,5,8-15H2,1H3,(H,24,29). The molecule has 2 unspecified atom stereocenters. The smallest absolute Gasteiger partial charge is 0.225 e. The molecule has 0 aromatic heterocycles. The Bertz CT molecular complexity index is 719. The van der Waals surface area contributed by atoms with Crippen molar-refractivity contribution in [3.05, 3.63) is 35.9 Å². The third-order valence-electron chi connectivity index (χ3n) is 6.00. The molecule has 2 atom stereocenters. The minimum absolute atomic E-state index is 0.0289. The number of carbonyl (C=O) groups is 3. The molecule has 6 nitrogen and oxygen atoms in total. The fraction of sp³-hybridized carbons (Fsp3) is 0.591. The van der Waals surface area contributed by atoms with Gasteiger partial charge in [0.1, 0.15) is 0 Å². The van der Waals surface area contributed by atoms with Gasteiger partial charge in [0.05, 0.1) is 12.0 Å². The van der Waals surface area contributed by atoms with Gasteiger partial charge in [-0.25, -0.2) is 0 Å². The first-order valence-corrected chi connectivity index (χ1v) is 11.0. The van der Waals surface area contributed by atoms with Crippen molar-refractivity contribution in [1.82, 2.24) is 15.1 Å².